The Hall–Kier alpha value is -7.76. The molecule has 4 heteroatoms. The van der Waals surface area contributed by atoms with Crippen LogP contribution in [0.1, 0.15) is 22.3 Å². The van der Waals surface area contributed by atoms with Crippen molar-refractivity contribution in [3.63, 3.8) is 0 Å². The lowest BCUT2D eigenvalue weighted by Crippen LogP contribution is -2.14. The minimum absolute atomic E-state index is 1.13. The molecule has 12 aromatic rings. The monoisotopic (exact) mass is 908 g/mol. The Morgan fingerprint density at radius 1 is 0.279 bits per heavy atom. The molecule has 0 fully saturated rings. The van der Waals surface area contributed by atoms with Gasteiger partial charge >= 0.3 is 0 Å². The molecule has 2 aromatic heterocycles. The average molecular weight is 909 g/mol. The molecular formula is C64H48N2S2. The molecule has 2 nitrogen and oxygen atoms in total. The number of rotatable bonds is 9. The van der Waals surface area contributed by atoms with Gasteiger partial charge in [0, 0.05) is 74.2 Å². The van der Waals surface area contributed by atoms with Gasteiger partial charge in [0.15, 0.2) is 0 Å². The highest BCUT2D eigenvalue weighted by atomic mass is 32.1. The SMILES string of the molecule is Cc1cc(-c2ccc(N(c3ccccc3)c3c(C)cccc3-c3ccc4sc5ccccc5c4c3)c(C)c2)ccc1N(c1ccccc1)c1c(C)cccc1-c1ccc2sc3ccccc3c2c1. The van der Waals surface area contributed by atoms with Gasteiger partial charge in [-0.2, -0.15) is 0 Å². The van der Waals surface area contributed by atoms with E-state index in [9.17, 15) is 0 Å². The molecule has 0 saturated heterocycles. The molecule has 0 atom stereocenters. The molecule has 12 rings (SSSR count). The summed E-state index contributed by atoms with van der Waals surface area (Å²) < 4.78 is 5.27. The number of thiophene rings is 2. The minimum atomic E-state index is 1.13. The first-order valence-electron chi connectivity index (χ1n) is 23.3. The van der Waals surface area contributed by atoms with Crippen molar-refractivity contribution in [2.45, 2.75) is 27.7 Å². The molecule has 0 amide bonds. The van der Waals surface area contributed by atoms with Crippen LogP contribution in [0, 0.1) is 27.7 Å². The van der Waals surface area contributed by atoms with Crippen molar-refractivity contribution >= 4 is 97.1 Å². The first kappa shape index (κ1) is 41.7. The van der Waals surface area contributed by atoms with E-state index in [4.69, 9.17) is 0 Å². The van der Waals surface area contributed by atoms with Gasteiger partial charge in [-0.05, 0) is 157 Å². The molecule has 0 saturated carbocycles. The molecule has 0 spiro atoms. The van der Waals surface area contributed by atoms with Crippen molar-refractivity contribution in [1.29, 1.82) is 0 Å². The molecule has 0 radical (unpaired) electrons. The number of hydrogen-bond acceptors (Lipinski definition) is 4. The molecule has 0 aliphatic rings. The van der Waals surface area contributed by atoms with Crippen molar-refractivity contribution in [3.05, 3.63) is 241 Å². The second-order valence-electron chi connectivity index (χ2n) is 17.9. The fourth-order valence-electron chi connectivity index (χ4n) is 10.3. The van der Waals surface area contributed by atoms with Crippen LogP contribution in [-0.4, -0.2) is 0 Å². The summed E-state index contributed by atoms with van der Waals surface area (Å²) in [5.74, 6) is 0. The van der Waals surface area contributed by atoms with Crippen molar-refractivity contribution < 1.29 is 0 Å². The van der Waals surface area contributed by atoms with Crippen molar-refractivity contribution in [3.8, 4) is 33.4 Å². The Morgan fingerprint density at radius 2 is 0.662 bits per heavy atom. The number of benzene rings is 10. The van der Waals surface area contributed by atoms with Gasteiger partial charge in [-0.15, -0.1) is 22.7 Å². The van der Waals surface area contributed by atoms with Crippen LogP contribution >= 0.6 is 22.7 Å². The molecule has 68 heavy (non-hydrogen) atoms. The van der Waals surface area contributed by atoms with Gasteiger partial charge in [0.25, 0.3) is 0 Å². The summed E-state index contributed by atoms with van der Waals surface area (Å²) in [6.45, 7) is 8.99. The van der Waals surface area contributed by atoms with Crippen molar-refractivity contribution in [2.24, 2.45) is 0 Å². The summed E-state index contributed by atoms with van der Waals surface area (Å²) in [4.78, 5) is 4.92. The number of hydrogen-bond donors (Lipinski definition) is 0. The molecule has 0 unspecified atom stereocenters. The number of aryl methyl sites for hydroxylation is 4. The van der Waals surface area contributed by atoms with Crippen LogP contribution in [0.2, 0.25) is 0 Å². The molecule has 0 N–H and O–H groups in total. The Bertz CT molecular complexity index is 3610. The predicted molar refractivity (Wildman–Crippen MR) is 297 cm³/mol. The first-order valence-corrected chi connectivity index (χ1v) is 25.0. The van der Waals surface area contributed by atoms with E-state index >= 15 is 0 Å². The Kier molecular flexibility index (Phi) is 10.5. The van der Waals surface area contributed by atoms with E-state index in [0.717, 1.165) is 22.7 Å². The van der Waals surface area contributed by atoms with Gasteiger partial charge in [0.1, 0.15) is 0 Å². The maximum absolute atomic E-state index is 2.46. The van der Waals surface area contributed by atoms with Crippen LogP contribution in [0.4, 0.5) is 34.1 Å². The van der Waals surface area contributed by atoms with Crippen LogP contribution in [0.25, 0.3) is 73.7 Å². The van der Waals surface area contributed by atoms with Crippen LogP contribution in [-0.2, 0) is 0 Å². The summed E-state index contributed by atoms with van der Waals surface area (Å²) >= 11 is 3.73. The molecule has 2 heterocycles. The molecular weight excluding hydrogens is 861 g/mol. The highest BCUT2D eigenvalue weighted by Crippen LogP contribution is 2.48. The summed E-state index contributed by atoms with van der Waals surface area (Å²) in [6.07, 6.45) is 0. The number of nitrogens with zero attached hydrogens (tertiary/aromatic N) is 2. The molecule has 10 aromatic carbocycles. The maximum Gasteiger partial charge on any atom is 0.0569 e. The smallest absolute Gasteiger partial charge is 0.0569 e. The van der Waals surface area contributed by atoms with E-state index in [1.807, 2.05) is 22.7 Å². The largest absolute Gasteiger partial charge is 0.309 e. The lowest BCUT2D eigenvalue weighted by molar-refractivity contribution is 1.22. The topological polar surface area (TPSA) is 6.48 Å². The third-order valence-electron chi connectivity index (χ3n) is 13.5. The third-order valence-corrected chi connectivity index (χ3v) is 15.8. The molecule has 0 bridgehead atoms. The van der Waals surface area contributed by atoms with Gasteiger partial charge in [0.05, 0.1) is 11.4 Å². The fourth-order valence-corrected chi connectivity index (χ4v) is 12.4. The van der Waals surface area contributed by atoms with Crippen LogP contribution < -0.4 is 9.80 Å². The zero-order valence-corrected chi connectivity index (χ0v) is 40.1. The minimum Gasteiger partial charge on any atom is -0.309 e. The van der Waals surface area contributed by atoms with E-state index in [2.05, 4.69) is 256 Å². The predicted octanol–water partition coefficient (Wildman–Crippen LogP) is 19.6. The van der Waals surface area contributed by atoms with Gasteiger partial charge in [0.2, 0.25) is 0 Å². The Labute approximate surface area is 406 Å². The van der Waals surface area contributed by atoms with Gasteiger partial charge in [-0.25, -0.2) is 0 Å². The zero-order chi connectivity index (χ0) is 45.9. The average Bonchev–Trinajstić information content (AvgIpc) is 3.94. The van der Waals surface area contributed by atoms with Crippen LogP contribution in [0.3, 0.4) is 0 Å². The fraction of sp³-hybridized carbons (Fsp3) is 0.0625. The number of fused-ring (bicyclic) bond motifs is 6. The lowest BCUT2D eigenvalue weighted by Gasteiger charge is -2.31. The van der Waals surface area contributed by atoms with Gasteiger partial charge in [-0.3, -0.25) is 0 Å². The molecule has 0 aliphatic heterocycles. The molecule has 0 aliphatic carbocycles. The Balaban J connectivity index is 0.945. The van der Waals surface area contributed by atoms with Gasteiger partial charge in [-0.1, -0.05) is 133 Å². The quantitative estimate of drug-likeness (QED) is 0.142. The Morgan fingerprint density at radius 3 is 1.09 bits per heavy atom. The zero-order valence-electron chi connectivity index (χ0n) is 38.5. The van der Waals surface area contributed by atoms with E-state index in [-0.39, 0.29) is 0 Å². The summed E-state index contributed by atoms with van der Waals surface area (Å²) in [7, 11) is 0. The highest BCUT2D eigenvalue weighted by molar-refractivity contribution is 7.26. The summed E-state index contributed by atoms with van der Waals surface area (Å²) in [5.41, 5.74) is 19.0. The normalized spacial score (nSPS) is 11.5. The van der Waals surface area contributed by atoms with E-state index in [1.54, 1.807) is 0 Å². The van der Waals surface area contributed by atoms with E-state index in [0.29, 0.717) is 0 Å². The van der Waals surface area contributed by atoms with Crippen LogP contribution in [0.15, 0.2) is 218 Å². The lowest BCUT2D eigenvalue weighted by atomic mass is 9.95. The summed E-state index contributed by atoms with van der Waals surface area (Å²) in [5, 5.41) is 5.23. The third kappa shape index (κ3) is 7.25. The van der Waals surface area contributed by atoms with E-state index in [1.165, 1.54) is 107 Å². The second-order valence-corrected chi connectivity index (χ2v) is 20.1. The number of anilines is 6. The molecule has 326 valence electrons. The summed E-state index contributed by atoms with van der Waals surface area (Å²) in [6, 6.07) is 80.5. The second kappa shape index (κ2) is 17.2. The van der Waals surface area contributed by atoms with Crippen molar-refractivity contribution in [1.82, 2.24) is 0 Å². The van der Waals surface area contributed by atoms with Crippen LogP contribution in [0.5, 0.6) is 0 Å². The first-order chi connectivity index (χ1) is 33.4. The van der Waals surface area contributed by atoms with E-state index < -0.39 is 0 Å². The number of para-hydroxylation sites is 4. The van der Waals surface area contributed by atoms with Crippen molar-refractivity contribution in [2.75, 3.05) is 9.80 Å². The van der Waals surface area contributed by atoms with Gasteiger partial charge < -0.3 is 9.80 Å². The standard InChI is InChI=1S/C64H48N2S2/c1-41-17-15-25-51(47-31-35-61-55(39-47)53-23-11-13-27-59(53)67-61)63(41)65(49-19-7-5-8-20-49)57-33-29-45(37-43(57)3)46-30-34-58(44(4)38-46)66(50-21-9-6-10-22-50)64-42(2)18-16-26-52(64)48-32-36-62-56(40-48)54-24-12-14-28-60(54)68-62/h5-40H,1-4H3. The maximum atomic E-state index is 2.46. The highest BCUT2D eigenvalue weighted by Gasteiger charge is 2.24.